The molecule has 4 nitrogen and oxygen atoms in total. The smallest absolute Gasteiger partial charge is 0.167 e. The zero-order valence-electron chi connectivity index (χ0n) is 15.9. The van der Waals surface area contributed by atoms with Gasteiger partial charge in [0.25, 0.3) is 0 Å². The van der Waals surface area contributed by atoms with Gasteiger partial charge < -0.3 is 11.1 Å². The standard InChI is InChI=1S/C24H25N3O/c25-24-8-4-7-22(27-24)21-10-9-19(17-11-13-26-14-12-17)15-20(21)16-23(28)18-5-2-1-3-6-18/h1-10,15,17,26H,11-14,16H2,(H2,25,27). The van der Waals surface area contributed by atoms with Crippen molar-refractivity contribution in [3.8, 4) is 11.3 Å². The van der Waals surface area contributed by atoms with Crippen LogP contribution in [0, 0.1) is 0 Å². The second-order valence-electron chi connectivity index (χ2n) is 7.35. The van der Waals surface area contributed by atoms with E-state index in [1.54, 1.807) is 6.07 Å². The van der Waals surface area contributed by atoms with Gasteiger partial charge in [-0.3, -0.25) is 4.79 Å². The van der Waals surface area contributed by atoms with E-state index in [2.05, 4.69) is 28.5 Å². The number of nitrogen functional groups attached to an aromatic ring is 1. The Labute approximate surface area is 165 Å². The van der Waals surface area contributed by atoms with E-state index in [1.807, 2.05) is 42.5 Å². The highest BCUT2D eigenvalue weighted by molar-refractivity contribution is 5.98. The minimum Gasteiger partial charge on any atom is -0.384 e. The minimum atomic E-state index is 0.119. The molecular weight excluding hydrogens is 346 g/mol. The first-order valence-electron chi connectivity index (χ1n) is 9.85. The molecule has 0 radical (unpaired) electrons. The summed E-state index contributed by atoms with van der Waals surface area (Å²) in [6, 6.07) is 21.6. The molecule has 2 aromatic carbocycles. The van der Waals surface area contributed by atoms with Crippen molar-refractivity contribution in [3.63, 3.8) is 0 Å². The molecule has 1 saturated heterocycles. The van der Waals surface area contributed by atoms with Crippen molar-refractivity contribution in [2.75, 3.05) is 18.8 Å². The fourth-order valence-electron chi connectivity index (χ4n) is 3.92. The fraction of sp³-hybridized carbons (Fsp3) is 0.250. The number of nitrogens with zero attached hydrogens (tertiary/aromatic N) is 1. The summed E-state index contributed by atoms with van der Waals surface area (Å²) in [5, 5.41) is 3.42. The van der Waals surface area contributed by atoms with Gasteiger partial charge in [0.1, 0.15) is 5.82 Å². The zero-order chi connectivity index (χ0) is 19.3. The first kappa shape index (κ1) is 18.4. The molecule has 0 bridgehead atoms. The molecule has 0 atom stereocenters. The monoisotopic (exact) mass is 371 g/mol. The molecule has 142 valence electrons. The van der Waals surface area contributed by atoms with Gasteiger partial charge in [-0.15, -0.1) is 0 Å². The lowest BCUT2D eigenvalue weighted by molar-refractivity contribution is 0.0993. The van der Waals surface area contributed by atoms with E-state index in [0.29, 0.717) is 18.2 Å². The Hall–Kier alpha value is -2.98. The van der Waals surface area contributed by atoms with Gasteiger partial charge in [-0.1, -0.05) is 54.6 Å². The maximum absolute atomic E-state index is 12.9. The lowest BCUT2D eigenvalue weighted by atomic mass is 9.86. The van der Waals surface area contributed by atoms with Gasteiger partial charge in [-0.25, -0.2) is 4.98 Å². The summed E-state index contributed by atoms with van der Waals surface area (Å²) in [5.74, 6) is 1.14. The number of nitrogens with one attached hydrogen (secondary N) is 1. The molecule has 28 heavy (non-hydrogen) atoms. The Bertz CT molecular complexity index is 963. The number of pyridine rings is 1. The van der Waals surface area contributed by atoms with E-state index in [4.69, 9.17) is 5.73 Å². The number of benzene rings is 2. The summed E-state index contributed by atoms with van der Waals surface area (Å²) in [5.41, 5.74) is 10.8. The van der Waals surface area contributed by atoms with E-state index in [-0.39, 0.29) is 5.78 Å². The van der Waals surface area contributed by atoms with Crippen LogP contribution < -0.4 is 11.1 Å². The Morgan fingerprint density at radius 2 is 1.79 bits per heavy atom. The number of hydrogen-bond acceptors (Lipinski definition) is 4. The molecular formula is C24H25N3O. The van der Waals surface area contributed by atoms with Crippen LogP contribution in [-0.2, 0) is 6.42 Å². The van der Waals surface area contributed by atoms with Crippen LogP contribution in [0.5, 0.6) is 0 Å². The molecule has 0 amide bonds. The van der Waals surface area contributed by atoms with Crippen LogP contribution in [0.4, 0.5) is 5.82 Å². The van der Waals surface area contributed by atoms with E-state index in [1.165, 1.54) is 5.56 Å². The van der Waals surface area contributed by atoms with Gasteiger partial charge in [0.15, 0.2) is 5.78 Å². The molecule has 0 spiro atoms. The van der Waals surface area contributed by atoms with E-state index < -0.39 is 0 Å². The van der Waals surface area contributed by atoms with Gasteiger partial charge in [0, 0.05) is 17.5 Å². The van der Waals surface area contributed by atoms with Gasteiger partial charge in [-0.2, -0.15) is 0 Å². The minimum absolute atomic E-state index is 0.119. The Kier molecular flexibility index (Phi) is 5.49. The third-order valence-corrected chi connectivity index (χ3v) is 5.43. The summed E-state index contributed by atoms with van der Waals surface area (Å²) in [4.78, 5) is 17.4. The van der Waals surface area contributed by atoms with Crippen molar-refractivity contribution >= 4 is 11.6 Å². The van der Waals surface area contributed by atoms with E-state index in [9.17, 15) is 4.79 Å². The van der Waals surface area contributed by atoms with Gasteiger partial charge in [0.2, 0.25) is 0 Å². The molecule has 4 rings (SSSR count). The lowest BCUT2D eigenvalue weighted by Gasteiger charge is -2.24. The maximum Gasteiger partial charge on any atom is 0.167 e. The molecule has 0 aliphatic carbocycles. The Morgan fingerprint density at radius 3 is 2.54 bits per heavy atom. The predicted octanol–water partition coefficient (Wildman–Crippen LogP) is 4.22. The Balaban J connectivity index is 1.71. The first-order valence-corrected chi connectivity index (χ1v) is 9.85. The highest BCUT2D eigenvalue weighted by Gasteiger charge is 2.19. The molecule has 3 N–H and O–H groups in total. The van der Waals surface area contributed by atoms with Crippen LogP contribution in [-0.4, -0.2) is 23.9 Å². The van der Waals surface area contributed by atoms with Crippen LogP contribution in [0.1, 0.15) is 40.2 Å². The third kappa shape index (κ3) is 4.12. The van der Waals surface area contributed by atoms with Gasteiger partial charge in [0.05, 0.1) is 5.69 Å². The average Bonchev–Trinajstić information content (AvgIpc) is 2.75. The normalized spacial score (nSPS) is 14.7. The second-order valence-corrected chi connectivity index (χ2v) is 7.35. The van der Waals surface area contributed by atoms with Crippen molar-refractivity contribution in [1.82, 2.24) is 10.3 Å². The van der Waals surface area contributed by atoms with Crippen molar-refractivity contribution in [2.45, 2.75) is 25.2 Å². The van der Waals surface area contributed by atoms with Crippen molar-refractivity contribution in [1.29, 1.82) is 0 Å². The summed E-state index contributed by atoms with van der Waals surface area (Å²) < 4.78 is 0. The molecule has 1 aliphatic heterocycles. The number of anilines is 1. The summed E-state index contributed by atoms with van der Waals surface area (Å²) in [6.45, 7) is 2.09. The number of piperidine rings is 1. The number of carbonyl (C=O) groups is 1. The maximum atomic E-state index is 12.9. The SMILES string of the molecule is Nc1cccc(-c2ccc(C3CCNCC3)cc2CC(=O)c2ccccc2)n1. The predicted molar refractivity (Wildman–Crippen MR) is 113 cm³/mol. The van der Waals surface area contributed by atoms with E-state index in [0.717, 1.165) is 48.3 Å². The number of rotatable bonds is 5. The molecule has 1 fully saturated rings. The number of ketones is 1. The molecule has 4 heteroatoms. The fourth-order valence-corrected chi connectivity index (χ4v) is 3.92. The molecule has 0 saturated carbocycles. The number of Topliss-reactive ketones (excluding diaryl/α,β-unsaturated/α-hetero) is 1. The van der Waals surface area contributed by atoms with Crippen LogP contribution in [0.2, 0.25) is 0 Å². The zero-order valence-corrected chi connectivity index (χ0v) is 15.9. The number of hydrogen-bond donors (Lipinski definition) is 2. The number of nitrogens with two attached hydrogens (primary N) is 1. The van der Waals surface area contributed by atoms with Gasteiger partial charge in [-0.05, 0) is 55.1 Å². The quantitative estimate of drug-likeness (QED) is 0.659. The van der Waals surface area contributed by atoms with Crippen LogP contribution >= 0.6 is 0 Å². The molecule has 1 aliphatic rings. The second kappa shape index (κ2) is 8.36. The molecule has 0 unspecified atom stereocenters. The molecule has 2 heterocycles. The van der Waals surface area contributed by atoms with Crippen molar-refractivity contribution in [2.24, 2.45) is 0 Å². The molecule has 1 aromatic heterocycles. The third-order valence-electron chi connectivity index (χ3n) is 5.43. The van der Waals surface area contributed by atoms with Crippen molar-refractivity contribution < 1.29 is 4.79 Å². The number of aromatic nitrogens is 1. The lowest BCUT2D eigenvalue weighted by Crippen LogP contribution is -2.26. The summed E-state index contributed by atoms with van der Waals surface area (Å²) >= 11 is 0. The first-order chi connectivity index (χ1) is 13.7. The van der Waals surface area contributed by atoms with E-state index >= 15 is 0 Å². The van der Waals surface area contributed by atoms with Crippen LogP contribution in [0.15, 0.2) is 66.7 Å². The number of carbonyl (C=O) groups excluding carboxylic acids is 1. The topological polar surface area (TPSA) is 68.0 Å². The average molecular weight is 371 g/mol. The highest BCUT2D eigenvalue weighted by atomic mass is 16.1. The summed E-state index contributed by atoms with van der Waals surface area (Å²) in [7, 11) is 0. The van der Waals surface area contributed by atoms with Crippen LogP contribution in [0.25, 0.3) is 11.3 Å². The molecule has 3 aromatic rings. The largest absolute Gasteiger partial charge is 0.384 e. The van der Waals surface area contributed by atoms with Crippen LogP contribution in [0.3, 0.4) is 0 Å². The summed E-state index contributed by atoms with van der Waals surface area (Å²) in [6.07, 6.45) is 2.61. The van der Waals surface area contributed by atoms with Crippen molar-refractivity contribution in [3.05, 3.63) is 83.4 Å². The highest BCUT2D eigenvalue weighted by Crippen LogP contribution is 2.31. The Morgan fingerprint density at radius 1 is 1.00 bits per heavy atom. The van der Waals surface area contributed by atoms with Gasteiger partial charge >= 0.3 is 0 Å².